The number of rotatable bonds is 5. The second-order valence-electron chi connectivity index (χ2n) is 5.45. The Morgan fingerprint density at radius 2 is 2.04 bits per heavy atom. The van der Waals surface area contributed by atoms with Crippen molar-refractivity contribution in [1.82, 2.24) is 14.7 Å². The molecule has 0 aliphatic carbocycles. The molecule has 122 valence electrons. The average Bonchev–Trinajstić information content (AvgIpc) is 2.93. The van der Waals surface area contributed by atoms with Gasteiger partial charge in [-0.2, -0.15) is 5.10 Å². The number of hydrogen-bond donors (Lipinski definition) is 2. The number of nitrogens with zero attached hydrogens (tertiary/aromatic N) is 3. The van der Waals surface area contributed by atoms with E-state index in [-0.39, 0.29) is 12.6 Å². The Morgan fingerprint density at radius 1 is 1.35 bits per heavy atom. The Morgan fingerprint density at radius 3 is 2.65 bits per heavy atom. The fourth-order valence-electron chi connectivity index (χ4n) is 2.17. The van der Waals surface area contributed by atoms with Gasteiger partial charge in [0.25, 0.3) is 0 Å². The molecule has 2 N–H and O–H groups in total. The summed E-state index contributed by atoms with van der Waals surface area (Å²) in [7, 11) is 1.57. The summed E-state index contributed by atoms with van der Waals surface area (Å²) in [6, 6.07) is 8.83. The van der Waals surface area contributed by atoms with E-state index in [9.17, 15) is 9.59 Å². The first-order chi connectivity index (χ1) is 10.9. The zero-order valence-electron chi connectivity index (χ0n) is 13.4. The predicted molar refractivity (Wildman–Crippen MR) is 86.7 cm³/mol. The molecule has 1 aromatic carbocycles. The molecule has 0 saturated heterocycles. The van der Waals surface area contributed by atoms with Gasteiger partial charge in [-0.3, -0.25) is 4.79 Å². The van der Waals surface area contributed by atoms with Gasteiger partial charge < -0.3 is 15.3 Å². The molecule has 2 aromatic rings. The van der Waals surface area contributed by atoms with Crippen LogP contribution in [0.5, 0.6) is 0 Å². The van der Waals surface area contributed by atoms with E-state index in [0.717, 1.165) is 11.4 Å². The maximum atomic E-state index is 12.3. The number of carbonyl (C=O) groups is 2. The van der Waals surface area contributed by atoms with Gasteiger partial charge in [0.15, 0.2) is 0 Å². The van der Waals surface area contributed by atoms with Gasteiger partial charge in [0.2, 0.25) is 0 Å². The zero-order chi connectivity index (χ0) is 17.0. The SMILES string of the molecule is Cc1ccnn1-c1ccccc1NC(=O)N(C)CC(C)C(=O)O. The second kappa shape index (κ2) is 6.95. The molecule has 2 rings (SSSR count). The normalized spacial score (nSPS) is 11.8. The van der Waals surface area contributed by atoms with Crippen LogP contribution in [0.15, 0.2) is 36.5 Å². The minimum Gasteiger partial charge on any atom is -0.481 e. The zero-order valence-corrected chi connectivity index (χ0v) is 13.4. The van der Waals surface area contributed by atoms with E-state index < -0.39 is 11.9 Å². The minimum absolute atomic E-state index is 0.129. The van der Waals surface area contributed by atoms with Crippen LogP contribution in [0.25, 0.3) is 5.69 Å². The van der Waals surface area contributed by atoms with E-state index in [2.05, 4.69) is 10.4 Å². The number of urea groups is 1. The highest BCUT2D eigenvalue weighted by Crippen LogP contribution is 2.21. The third-order valence-electron chi connectivity index (χ3n) is 3.52. The molecule has 0 fully saturated rings. The van der Waals surface area contributed by atoms with Crippen LogP contribution >= 0.6 is 0 Å². The number of amides is 2. The summed E-state index contributed by atoms with van der Waals surface area (Å²) in [5.41, 5.74) is 2.31. The van der Waals surface area contributed by atoms with Crippen molar-refractivity contribution in [2.24, 2.45) is 5.92 Å². The third-order valence-corrected chi connectivity index (χ3v) is 3.52. The molecule has 1 heterocycles. The fourth-order valence-corrected chi connectivity index (χ4v) is 2.17. The summed E-state index contributed by atoms with van der Waals surface area (Å²) in [6.07, 6.45) is 1.69. The smallest absolute Gasteiger partial charge is 0.321 e. The van der Waals surface area contributed by atoms with E-state index in [1.807, 2.05) is 31.2 Å². The van der Waals surface area contributed by atoms with Gasteiger partial charge in [0.05, 0.1) is 17.3 Å². The maximum Gasteiger partial charge on any atom is 0.321 e. The van der Waals surface area contributed by atoms with Gasteiger partial charge in [0.1, 0.15) is 0 Å². The van der Waals surface area contributed by atoms with Crippen molar-refractivity contribution in [3.63, 3.8) is 0 Å². The van der Waals surface area contributed by atoms with E-state index in [4.69, 9.17) is 5.11 Å². The number of nitrogens with one attached hydrogen (secondary N) is 1. The first-order valence-corrected chi connectivity index (χ1v) is 7.25. The maximum absolute atomic E-state index is 12.3. The molecule has 7 nitrogen and oxygen atoms in total. The first kappa shape index (κ1) is 16.5. The van der Waals surface area contributed by atoms with Crippen molar-refractivity contribution >= 4 is 17.7 Å². The molecule has 7 heteroatoms. The molecule has 0 radical (unpaired) electrons. The van der Waals surface area contributed by atoms with E-state index in [1.54, 1.807) is 30.9 Å². The van der Waals surface area contributed by atoms with Crippen LogP contribution in [-0.4, -0.2) is 45.4 Å². The first-order valence-electron chi connectivity index (χ1n) is 7.25. The third kappa shape index (κ3) is 3.88. The molecule has 0 bridgehead atoms. The van der Waals surface area contributed by atoms with Crippen LogP contribution in [0.2, 0.25) is 0 Å². The van der Waals surface area contributed by atoms with Gasteiger partial charge in [-0.1, -0.05) is 19.1 Å². The summed E-state index contributed by atoms with van der Waals surface area (Å²) in [4.78, 5) is 24.5. The van der Waals surface area contributed by atoms with Crippen molar-refractivity contribution in [2.45, 2.75) is 13.8 Å². The van der Waals surface area contributed by atoms with E-state index in [1.165, 1.54) is 4.90 Å². The van der Waals surface area contributed by atoms with Crippen LogP contribution in [0.3, 0.4) is 0 Å². The lowest BCUT2D eigenvalue weighted by molar-refractivity contribution is -0.141. The van der Waals surface area contributed by atoms with Crippen molar-refractivity contribution < 1.29 is 14.7 Å². The summed E-state index contributed by atoms with van der Waals surface area (Å²) < 4.78 is 1.73. The molecule has 1 atom stereocenters. The Labute approximate surface area is 134 Å². The Balaban J connectivity index is 2.16. The van der Waals surface area contributed by atoms with Crippen LogP contribution in [0.1, 0.15) is 12.6 Å². The molecule has 23 heavy (non-hydrogen) atoms. The minimum atomic E-state index is -0.933. The highest BCUT2D eigenvalue weighted by atomic mass is 16.4. The molecule has 0 aliphatic heterocycles. The highest BCUT2D eigenvalue weighted by molar-refractivity contribution is 5.91. The lowest BCUT2D eigenvalue weighted by atomic mass is 10.2. The summed E-state index contributed by atoms with van der Waals surface area (Å²) in [6.45, 7) is 3.61. The van der Waals surface area contributed by atoms with Crippen LogP contribution in [0, 0.1) is 12.8 Å². The number of aliphatic carboxylic acids is 1. The number of benzene rings is 1. The van der Waals surface area contributed by atoms with Gasteiger partial charge in [-0.05, 0) is 25.1 Å². The summed E-state index contributed by atoms with van der Waals surface area (Å²) in [5, 5.41) is 16.0. The van der Waals surface area contributed by atoms with Crippen molar-refractivity contribution in [2.75, 3.05) is 18.9 Å². The predicted octanol–water partition coefficient (Wildman–Crippen LogP) is 2.37. The quantitative estimate of drug-likeness (QED) is 0.886. The van der Waals surface area contributed by atoms with Crippen molar-refractivity contribution in [3.8, 4) is 5.69 Å². The topological polar surface area (TPSA) is 87.5 Å². The number of aromatic nitrogens is 2. The van der Waals surface area contributed by atoms with Crippen LogP contribution in [0.4, 0.5) is 10.5 Å². The molecule has 2 amide bonds. The van der Waals surface area contributed by atoms with Gasteiger partial charge in [-0.15, -0.1) is 0 Å². The van der Waals surface area contributed by atoms with E-state index >= 15 is 0 Å². The number of hydrogen-bond acceptors (Lipinski definition) is 3. The molecule has 0 saturated carbocycles. The molecule has 1 unspecified atom stereocenters. The summed E-state index contributed by atoms with van der Waals surface area (Å²) >= 11 is 0. The Hall–Kier alpha value is -2.83. The highest BCUT2D eigenvalue weighted by Gasteiger charge is 2.18. The van der Waals surface area contributed by atoms with E-state index in [0.29, 0.717) is 5.69 Å². The Bertz CT molecular complexity index is 711. The molecular weight excluding hydrogens is 296 g/mol. The lowest BCUT2D eigenvalue weighted by Gasteiger charge is -2.21. The number of aryl methyl sites for hydroxylation is 1. The van der Waals surface area contributed by atoms with Gasteiger partial charge >= 0.3 is 12.0 Å². The van der Waals surface area contributed by atoms with Crippen LogP contribution < -0.4 is 5.32 Å². The Kier molecular flexibility index (Phi) is 5.00. The number of carboxylic acid groups (broad SMARTS) is 1. The number of carboxylic acids is 1. The van der Waals surface area contributed by atoms with Gasteiger partial charge in [0, 0.05) is 25.5 Å². The fraction of sp³-hybridized carbons (Fsp3) is 0.312. The second-order valence-corrected chi connectivity index (χ2v) is 5.45. The van der Waals surface area contributed by atoms with Crippen LogP contribution in [-0.2, 0) is 4.79 Å². The molecule has 1 aromatic heterocycles. The number of carbonyl (C=O) groups excluding carboxylic acids is 1. The average molecular weight is 316 g/mol. The molecule has 0 aliphatic rings. The number of para-hydroxylation sites is 2. The summed E-state index contributed by atoms with van der Waals surface area (Å²) in [5.74, 6) is -1.56. The molecular formula is C16H20N4O3. The number of anilines is 1. The van der Waals surface area contributed by atoms with Gasteiger partial charge in [-0.25, -0.2) is 9.48 Å². The van der Waals surface area contributed by atoms with Crippen molar-refractivity contribution in [1.29, 1.82) is 0 Å². The monoisotopic (exact) mass is 316 g/mol. The largest absolute Gasteiger partial charge is 0.481 e. The van der Waals surface area contributed by atoms with Crippen molar-refractivity contribution in [3.05, 3.63) is 42.2 Å². The standard InChI is InChI=1S/C16H20N4O3/c1-11(15(21)22)10-19(3)16(23)18-13-6-4-5-7-14(13)20-12(2)8-9-17-20/h4-9,11H,10H2,1-3H3,(H,18,23)(H,21,22). The molecule has 0 spiro atoms. The lowest BCUT2D eigenvalue weighted by Crippen LogP contribution is -2.36.